The predicted molar refractivity (Wildman–Crippen MR) is 120 cm³/mol. The minimum Gasteiger partial charge on any atom is -0.494 e. The SMILES string of the molecule is CCOc1ccc2ncc(S(=O)(=O)c3ccc(Cl)cc3)c(N3CCN(C)CC3)c2c1. The molecule has 1 fully saturated rings. The Kier molecular flexibility index (Phi) is 5.86. The van der Waals surface area contributed by atoms with Gasteiger partial charge in [0.05, 0.1) is 22.7 Å². The minimum absolute atomic E-state index is 0.199. The number of ether oxygens (including phenoxy) is 1. The van der Waals surface area contributed by atoms with Gasteiger partial charge in [-0.2, -0.15) is 0 Å². The van der Waals surface area contributed by atoms with Crippen molar-refractivity contribution in [3.05, 3.63) is 53.7 Å². The van der Waals surface area contributed by atoms with Crippen LogP contribution in [0.1, 0.15) is 6.92 Å². The predicted octanol–water partition coefficient (Wildman–Crippen LogP) is 3.87. The van der Waals surface area contributed by atoms with Gasteiger partial charge in [-0.05, 0) is 56.4 Å². The van der Waals surface area contributed by atoms with Crippen molar-refractivity contribution in [2.75, 3.05) is 44.7 Å². The third-order valence-electron chi connectivity index (χ3n) is 5.32. The zero-order chi connectivity index (χ0) is 21.3. The molecule has 1 aromatic heterocycles. The number of fused-ring (bicyclic) bond motifs is 1. The topological polar surface area (TPSA) is 62.7 Å². The highest BCUT2D eigenvalue weighted by Gasteiger charge is 2.28. The standard InChI is InChI=1S/C22H24ClN3O3S/c1-3-29-17-6-9-20-19(14-17)22(26-12-10-25(2)11-13-26)21(15-24-20)30(27,28)18-7-4-16(23)5-8-18/h4-9,14-15H,3,10-13H2,1-2H3. The fourth-order valence-electron chi connectivity index (χ4n) is 3.69. The zero-order valence-electron chi connectivity index (χ0n) is 17.0. The molecule has 8 heteroatoms. The van der Waals surface area contributed by atoms with Crippen molar-refractivity contribution < 1.29 is 13.2 Å². The monoisotopic (exact) mass is 445 g/mol. The molecule has 0 amide bonds. The van der Waals surface area contributed by atoms with Crippen LogP contribution in [0.15, 0.2) is 58.5 Å². The van der Waals surface area contributed by atoms with E-state index in [4.69, 9.17) is 16.3 Å². The van der Waals surface area contributed by atoms with Crippen molar-refractivity contribution in [2.45, 2.75) is 16.7 Å². The van der Waals surface area contributed by atoms with E-state index in [0.29, 0.717) is 23.1 Å². The quantitative estimate of drug-likeness (QED) is 0.594. The van der Waals surface area contributed by atoms with Gasteiger partial charge in [0.15, 0.2) is 0 Å². The van der Waals surface area contributed by atoms with Crippen molar-refractivity contribution in [1.82, 2.24) is 9.88 Å². The number of aromatic nitrogens is 1. The molecule has 4 rings (SSSR count). The van der Waals surface area contributed by atoms with Crippen LogP contribution in [-0.2, 0) is 9.84 Å². The summed E-state index contributed by atoms with van der Waals surface area (Å²) >= 11 is 5.97. The largest absolute Gasteiger partial charge is 0.494 e. The summed E-state index contributed by atoms with van der Waals surface area (Å²) in [7, 11) is -1.71. The van der Waals surface area contributed by atoms with Gasteiger partial charge in [0.1, 0.15) is 10.6 Å². The molecular formula is C22H24ClN3O3S. The Morgan fingerprint density at radius 2 is 1.77 bits per heavy atom. The van der Waals surface area contributed by atoms with Crippen molar-refractivity contribution in [2.24, 2.45) is 0 Å². The molecule has 0 spiro atoms. The second kappa shape index (κ2) is 8.41. The number of nitrogens with zero attached hydrogens (tertiary/aromatic N) is 3. The molecule has 1 aliphatic rings. The highest BCUT2D eigenvalue weighted by Crippen LogP contribution is 2.37. The molecule has 158 valence electrons. The van der Waals surface area contributed by atoms with Gasteiger partial charge in [-0.15, -0.1) is 0 Å². The molecule has 0 radical (unpaired) electrons. The average molecular weight is 446 g/mol. The van der Waals surface area contributed by atoms with E-state index in [1.165, 1.54) is 18.3 Å². The summed E-state index contributed by atoms with van der Waals surface area (Å²) in [6.07, 6.45) is 1.47. The number of hydrogen-bond donors (Lipinski definition) is 0. The molecule has 1 aliphatic heterocycles. The van der Waals surface area contributed by atoms with Crippen LogP contribution in [0.2, 0.25) is 5.02 Å². The average Bonchev–Trinajstić information content (AvgIpc) is 2.74. The van der Waals surface area contributed by atoms with Gasteiger partial charge in [0.2, 0.25) is 9.84 Å². The number of benzene rings is 2. The number of halogens is 1. The Morgan fingerprint density at radius 3 is 2.43 bits per heavy atom. The maximum atomic E-state index is 13.6. The van der Waals surface area contributed by atoms with E-state index in [-0.39, 0.29) is 9.79 Å². The Balaban J connectivity index is 1.94. The molecule has 0 aliphatic carbocycles. The first-order valence-electron chi connectivity index (χ1n) is 9.90. The number of sulfone groups is 1. The lowest BCUT2D eigenvalue weighted by molar-refractivity contribution is 0.312. The van der Waals surface area contributed by atoms with Gasteiger partial charge in [-0.1, -0.05) is 11.6 Å². The summed E-state index contributed by atoms with van der Waals surface area (Å²) in [5.74, 6) is 0.697. The van der Waals surface area contributed by atoms with Gasteiger partial charge < -0.3 is 14.5 Å². The lowest BCUT2D eigenvalue weighted by atomic mass is 10.1. The van der Waals surface area contributed by atoms with E-state index >= 15 is 0 Å². The van der Waals surface area contributed by atoms with Crippen LogP contribution in [0, 0.1) is 0 Å². The number of piperazine rings is 1. The molecule has 3 aromatic rings. The summed E-state index contributed by atoms with van der Waals surface area (Å²) < 4.78 is 32.8. The van der Waals surface area contributed by atoms with E-state index < -0.39 is 9.84 Å². The molecule has 30 heavy (non-hydrogen) atoms. The van der Waals surface area contributed by atoms with Gasteiger partial charge in [0.25, 0.3) is 0 Å². The number of hydrogen-bond acceptors (Lipinski definition) is 6. The van der Waals surface area contributed by atoms with E-state index in [0.717, 1.165) is 37.1 Å². The number of rotatable bonds is 5. The summed E-state index contributed by atoms with van der Waals surface area (Å²) in [4.78, 5) is 9.24. The molecular weight excluding hydrogens is 422 g/mol. The highest BCUT2D eigenvalue weighted by molar-refractivity contribution is 7.91. The van der Waals surface area contributed by atoms with E-state index in [1.54, 1.807) is 12.1 Å². The smallest absolute Gasteiger partial charge is 0.210 e. The molecule has 2 aromatic carbocycles. The molecule has 6 nitrogen and oxygen atoms in total. The van der Waals surface area contributed by atoms with Gasteiger partial charge in [-0.3, -0.25) is 4.98 Å². The van der Waals surface area contributed by atoms with Crippen LogP contribution in [0.4, 0.5) is 5.69 Å². The fraction of sp³-hybridized carbons (Fsp3) is 0.318. The second-order valence-corrected chi connectivity index (χ2v) is 9.69. The normalized spacial score (nSPS) is 15.5. The minimum atomic E-state index is -3.78. The molecule has 0 atom stereocenters. The van der Waals surface area contributed by atoms with Crippen LogP contribution in [0.5, 0.6) is 5.75 Å². The van der Waals surface area contributed by atoms with Crippen LogP contribution in [0.25, 0.3) is 10.9 Å². The Morgan fingerprint density at radius 1 is 1.07 bits per heavy atom. The van der Waals surface area contributed by atoms with E-state index in [1.807, 2.05) is 25.1 Å². The molecule has 0 unspecified atom stereocenters. The van der Waals surface area contributed by atoms with E-state index in [9.17, 15) is 8.42 Å². The lowest BCUT2D eigenvalue weighted by Crippen LogP contribution is -2.45. The van der Waals surface area contributed by atoms with Crippen molar-refractivity contribution in [3.63, 3.8) is 0 Å². The summed E-state index contributed by atoms with van der Waals surface area (Å²) in [6, 6.07) is 11.9. The van der Waals surface area contributed by atoms with Crippen LogP contribution < -0.4 is 9.64 Å². The number of likely N-dealkylation sites (N-methyl/N-ethyl adjacent to an activating group) is 1. The Hall–Kier alpha value is -2.35. The van der Waals surface area contributed by atoms with Gasteiger partial charge in [-0.25, -0.2) is 8.42 Å². The van der Waals surface area contributed by atoms with Crippen molar-refractivity contribution in [1.29, 1.82) is 0 Å². The first kappa shape index (κ1) is 20.9. The maximum absolute atomic E-state index is 13.6. The Labute approximate surface area is 182 Å². The lowest BCUT2D eigenvalue weighted by Gasteiger charge is -2.35. The number of anilines is 1. The highest BCUT2D eigenvalue weighted by atomic mass is 35.5. The maximum Gasteiger partial charge on any atom is 0.210 e. The Bertz CT molecular complexity index is 1160. The third-order valence-corrected chi connectivity index (χ3v) is 7.34. The summed E-state index contributed by atoms with van der Waals surface area (Å²) in [6.45, 7) is 5.64. The van der Waals surface area contributed by atoms with Crippen molar-refractivity contribution in [3.8, 4) is 5.75 Å². The van der Waals surface area contributed by atoms with Crippen LogP contribution in [0.3, 0.4) is 0 Å². The first-order chi connectivity index (χ1) is 14.4. The third kappa shape index (κ3) is 3.97. The van der Waals surface area contributed by atoms with Crippen LogP contribution >= 0.6 is 11.6 Å². The van der Waals surface area contributed by atoms with Crippen LogP contribution in [-0.4, -0.2) is 58.1 Å². The molecule has 1 saturated heterocycles. The zero-order valence-corrected chi connectivity index (χ0v) is 18.6. The molecule has 0 N–H and O–H groups in total. The fourth-order valence-corrected chi connectivity index (χ4v) is 5.25. The van der Waals surface area contributed by atoms with E-state index in [2.05, 4.69) is 21.8 Å². The molecule has 2 heterocycles. The van der Waals surface area contributed by atoms with Gasteiger partial charge >= 0.3 is 0 Å². The molecule has 0 bridgehead atoms. The summed E-state index contributed by atoms with van der Waals surface area (Å²) in [5.41, 5.74) is 1.42. The summed E-state index contributed by atoms with van der Waals surface area (Å²) in [5, 5.41) is 1.27. The van der Waals surface area contributed by atoms with Crippen molar-refractivity contribution >= 4 is 38.0 Å². The molecule has 0 saturated carbocycles. The second-order valence-electron chi connectivity index (χ2n) is 7.33. The number of pyridine rings is 1. The first-order valence-corrected chi connectivity index (χ1v) is 11.8. The van der Waals surface area contributed by atoms with Gasteiger partial charge in [0, 0.05) is 42.8 Å².